The first-order valence-electron chi connectivity index (χ1n) is 4.76. The van der Waals surface area contributed by atoms with Crippen LogP contribution in [0.3, 0.4) is 0 Å². The zero-order valence-electron chi connectivity index (χ0n) is 8.10. The zero-order valence-corrected chi connectivity index (χ0v) is 8.10. The van der Waals surface area contributed by atoms with Gasteiger partial charge in [-0.05, 0) is 24.7 Å². The van der Waals surface area contributed by atoms with Gasteiger partial charge in [0.25, 0.3) is 0 Å². The highest BCUT2D eigenvalue weighted by molar-refractivity contribution is 5.82. The predicted molar refractivity (Wildman–Crippen MR) is 50.9 cm³/mol. The fourth-order valence-electron chi connectivity index (χ4n) is 2.06. The standard InChI is InChI=1S/C11H18O/c1-8(2)4-10-5-9(3)6-11(12)7-10/h8,10H,3-7H2,1-2H3. The van der Waals surface area contributed by atoms with Crippen molar-refractivity contribution in [1.29, 1.82) is 0 Å². The van der Waals surface area contributed by atoms with Crippen molar-refractivity contribution in [3.8, 4) is 0 Å². The first-order valence-corrected chi connectivity index (χ1v) is 4.76. The van der Waals surface area contributed by atoms with Gasteiger partial charge in [0.2, 0.25) is 0 Å². The lowest BCUT2D eigenvalue weighted by atomic mass is 9.81. The van der Waals surface area contributed by atoms with E-state index < -0.39 is 0 Å². The van der Waals surface area contributed by atoms with Gasteiger partial charge >= 0.3 is 0 Å². The summed E-state index contributed by atoms with van der Waals surface area (Å²) < 4.78 is 0. The lowest BCUT2D eigenvalue weighted by molar-refractivity contribution is -0.120. The van der Waals surface area contributed by atoms with Gasteiger partial charge < -0.3 is 0 Å². The summed E-state index contributed by atoms with van der Waals surface area (Å²) in [5.41, 5.74) is 1.14. The van der Waals surface area contributed by atoms with E-state index >= 15 is 0 Å². The second-order valence-electron chi connectivity index (χ2n) is 4.37. The molecule has 0 radical (unpaired) electrons. The van der Waals surface area contributed by atoms with Gasteiger partial charge in [-0.25, -0.2) is 0 Å². The first-order chi connectivity index (χ1) is 5.58. The summed E-state index contributed by atoms with van der Waals surface area (Å²) in [6.45, 7) is 8.32. The molecule has 1 heteroatoms. The highest BCUT2D eigenvalue weighted by Gasteiger charge is 2.22. The fraction of sp³-hybridized carbons (Fsp3) is 0.727. The topological polar surface area (TPSA) is 17.1 Å². The molecule has 0 amide bonds. The predicted octanol–water partition coefficient (Wildman–Crippen LogP) is 2.96. The Morgan fingerprint density at radius 2 is 2.17 bits per heavy atom. The molecular formula is C11H18O. The number of carbonyl (C=O) groups is 1. The Morgan fingerprint density at radius 3 is 2.67 bits per heavy atom. The Hall–Kier alpha value is -0.590. The van der Waals surface area contributed by atoms with Gasteiger partial charge in [0.05, 0.1) is 0 Å². The number of rotatable bonds is 2. The summed E-state index contributed by atoms with van der Waals surface area (Å²) in [5.74, 6) is 1.67. The van der Waals surface area contributed by atoms with Crippen molar-refractivity contribution in [1.82, 2.24) is 0 Å². The minimum Gasteiger partial charge on any atom is -0.299 e. The molecule has 0 saturated heterocycles. The monoisotopic (exact) mass is 166 g/mol. The van der Waals surface area contributed by atoms with Crippen molar-refractivity contribution in [2.45, 2.75) is 39.5 Å². The average molecular weight is 166 g/mol. The van der Waals surface area contributed by atoms with E-state index in [0.717, 1.165) is 18.4 Å². The van der Waals surface area contributed by atoms with E-state index in [1.54, 1.807) is 0 Å². The number of ketones is 1. The number of carbonyl (C=O) groups excluding carboxylic acids is 1. The normalized spacial score (nSPS) is 25.1. The van der Waals surface area contributed by atoms with Crippen LogP contribution < -0.4 is 0 Å². The number of hydrogen-bond acceptors (Lipinski definition) is 1. The van der Waals surface area contributed by atoms with E-state index in [1.807, 2.05) is 0 Å². The third-order valence-electron chi connectivity index (χ3n) is 2.35. The molecule has 1 rings (SSSR count). The molecule has 1 nitrogen and oxygen atoms in total. The highest BCUT2D eigenvalue weighted by Crippen LogP contribution is 2.29. The van der Waals surface area contributed by atoms with E-state index in [1.165, 1.54) is 6.42 Å². The molecule has 0 N–H and O–H groups in total. The van der Waals surface area contributed by atoms with Crippen molar-refractivity contribution in [3.05, 3.63) is 12.2 Å². The average Bonchev–Trinajstić information content (AvgIpc) is 1.81. The minimum atomic E-state index is 0.386. The molecule has 1 aliphatic rings. The maximum absolute atomic E-state index is 11.2. The quantitative estimate of drug-likeness (QED) is 0.576. The Labute approximate surface area is 74.9 Å². The maximum atomic E-state index is 11.2. The molecule has 1 fully saturated rings. The molecule has 0 heterocycles. The number of hydrogen-bond donors (Lipinski definition) is 0. The van der Waals surface area contributed by atoms with Gasteiger partial charge in [-0.1, -0.05) is 26.0 Å². The van der Waals surface area contributed by atoms with Crippen LogP contribution in [0.5, 0.6) is 0 Å². The molecule has 1 aliphatic carbocycles. The summed E-state index contributed by atoms with van der Waals surface area (Å²) >= 11 is 0. The summed E-state index contributed by atoms with van der Waals surface area (Å²) in [4.78, 5) is 11.2. The molecule has 0 aromatic rings. The molecule has 0 aromatic heterocycles. The Bertz CT molecular complexity index is 175. The SMILES string of the molecule is C=C1CC(=O)CC(CC(C)C)C1. The van der Waals surface area contributed by atoms with E-state index in [2.05, 4.69) is 20.4 Å². The summed E-state index contributed by atoms with van der Waals surface area (Å²) in [7, 11) is 0. The maximum Gasteiger partial charge on any atom is 0.137 e. The van der Waals surface area contributed by atoms with Crippen LogP contribution in [-0.2, 0) is 4.79 Å². The number of Topliss-reactive ketones (excluding diaryl/α,β-unsaturated/α-hetero) is 1. The Balaban J connectivity index is 2.44. The van der Waals surface area contributed by atoms with Crippen LogP contribution in [0.2, 0.25) is 0 Å². The highest BCUT2D eigenvalue weighted by atomic mass is 16.1. The van der Waals surface area contributed by atoms with Crippen LogP contribution in [0.25, 0.3) is 0 Å². The molecule has 0 aromatic carbocycles. The zero-order chi connectivity index (χ0) is 9.14. The van der Waals surface area contributed by atoms with Gasteiger partial charge in [-0.3, -0.25) is 4.79 Å². The summed E-state index contributed by atoms with van der Waals surface area (Å²) in [5, 5.41) is 0. The molecule has 1 atom stereocenters. The van der Waals surface area contributed by atoms with Crippen molar-refractivity contribution >= 4 is 5.78 Å². The van der Waals surface area contributed by atoms with E-state index in [0.29, 0.717) is 24.0 Å². The molecular weight excluding hydrogens is 148 g/mol. The van der Waals surface area contributed by atoms with Gasteiger partial charge in [0.15, 0.2) is 0 Å². The lowest BCUT2D eigenvalue weighted by Gasteiger charge is -2.23. The number of allylic oxidation sites excluding steroid dienone is 1. The minimum absolute atomic E-state index is 0.386. The molecule has 12 heavy (non-hydrogen) atoms. The molecule has 0 spiro atoms. The molecule has 68 valence electrons. The van der Waals surface area contributed by atoms with Crippen molar-refractivity contribution in [2.75, 3.05) is 0 Å². The van der Waals surface area contributed by atoms with Crippen LogP contribution in [0.1, 0.15) is 39.5 Å². The summed E-state index contributed by atoms with van der Waals surface area (Å²) in [6.07, 6.45) is 3.67. The largest absolute Gasteiger partial charge is 0.299 e. The lowest BCUT2D eigenvalue weighted by Crippen LogP contribution is -2.17. The molecule has 0 aliphatic heterocycles. The van der Waals surface area contributed by atoms with Crippen LogP contribution in [0.4, 0.5) is 0 Å². The van der Waals surface area contributed by atoms with Gasteiger partial charge in [-0.15, -0.1) is 0 Å². The Morgan fingerprint density at radius 1 is 1.50 bits per heavy atom. The van der Waals surface area contributed by atoms with Crippen LogP contribution >= 0.6 is 0 Å². The van der Waals surface area contributed by atoms with Crippen LogP contribution in [0, 0.1) is 11.8 Å². The van der Waals surface area contributed by atoms with Gasteiger partial charge in [0.1, 0.15) is 5.78 Å². The van der Waals surface area contributed by atoms with E-state index in [4.69, 9.17) is 0 Å². The fourth-order valence-corrected chi connectivity index (χ4v) is 2.06. The first kappa shape index (κ1) is 9.50. The van der Waals surface area contributed by atoms with Gasteiger partial charge in [-0.2, -0.15) is 0 Å². The molecule has 0 bridgehead atoms. The van der Waals surface area contributed by atoms with Crippen LogP contribution in [0.15, 0.2) is 12.2 Å². The smallest absolute Gasteiger partial charge is 0.137 e. The molecule has 1 unspecified atom stereocenters. The van der Waals surface area contributed by atoms with Crippen molar-refractivity contribution in [3.63, 3.8) is 0 Å². The third-order valence-corrected chi connectivity index (χ3v) is 2.35. The summed E-state index contributed by atoms with van der Waals surface area (Å²) in [6, 6.07) is 0. The molecule has 1 saturated carbocycles. The van der Waals surface area contributed by atoms with E-state index in [-0.39, 0.29) is 0 Å². The van der Waals surface area contributed by atoms with Gasteiger partial charge in [0, 0.05) is 12.8 Å². The van der Waals surface area contributed by atoms with E-state index in [9.17, 15) is 4.79 Å². The third kappa shape index (κ3) is 2.80. The Kier molecular flexibility index (Phi) is 3.07. The second-order valence-corrected chi connectivity index (χ2v) is 4.37. The van der Waals surface area contributed by atoms with Crippen molar-refractivity contribution in [2.24, 2.45) is 11.8 Å². The van der Waals surface area contributed by atoms with Crippen LogP contribution in [-0.4, -0.2) is 5.78 Å². The van der Waals surface area contributed by atoms with Crippen molar-refractivity contribution < 1.29 is 4.79 Å². The second kappa shape index (κ2) is 3.88.